The fraction of sp³-hybridized carbons (Fsp3) is 0.161. The number of carbonyl (C=O) groups excluding carboxylic acids is 2. The van der Waals surface area contributed by atoms with Crippen molar-refractivity contribution in [2.75, 3.05) is 22.8 Å². The van der Waals surface area contributed by atoms with Gasteiger partial charge in [0.2, 0.25) is 5.91 Å². The second-order valence-corrected chi connectivity index (χ2v) is 11.9. The molecular formula is C31H30BrN3O5S. The standard InChI is InChI=1S/C31H30BrN3O5S/c1-3-40-26-17-15-25(16-18-26)35(41(38,39)27-19-13-24(32)14-20-27)21-30(36)34-29-12-8-7-11-28(29)31(37)33-22(2)23-9-5-4-6-10-23/h4-20,22H,3,21H2,1-2H3,(H,33,37)(H,34,36)/t22-/m0/s1. The second kappa shape index (κ2) is 13.5. The number of carbonyl (C=O) groups is 2. The van der Waals surface area contributed by atoms with Crippen LogP contribution in [0.3, 0.4) is 0 Å². The SMILES string of the molecule is CCOc1ccc(N(CC(=O)Nc2ccccc2C(=O)N[C@@H](C)c2ccccc2)S(=O)(=O)c2ccc(Br)cc2)cc1. The molecule has 0 saturated carbocycles. The molecule has 4 rings (SSSR count). The van der Waals surface area contributed by atoms with Crippen molar-refractivity contribution in [3.05, 3.63) is 119 Å². The molecule has 4 aromatic carbocycles. The number of nitrogens with one attached hydrogen (secondary N) is 2. The highest BCUT2D eigenvalue weighted by molar-refractivity contribution is 9.10. The maximum absolute atomic E-state index is 13.7. The minimum atomic E-state index is -4.12. The molecule has 1 atom stereocenters. The first kappa shape index (κ1) is 29.8. The predicted octanol–water partition coefficient (Wildman–Crippen LogP) is 6.17. The van der Waals surface area contributed by atoms with E-state index in [1.54, 1.807) is 60.7 Å². The molecule has 41 heavy (non-hydrogen) atoms. The Morgan fingerprint density at radius 2 is 1.51 bits per heavy atom. The third kappa shape index (κ3) is 7.53. The highest BCUT2D eigenvalue weighted by atomic mass is 79.9. The number of para-hydroxylation sites is 1. The quantitative estimate of drug-likeness (QED) is 0.205. The largest absolute Gasteiger partial charge is 0.494 e. The van der Waals surface area contributed by atoms with Gasteiger partial charge in [0.15, 0.2) is 0 Å². The Labute approximate surface area is 248 Å². The molecule has 0 unspecified atom stereocenters. The van der Waals surface area contributed by atoms with Crippen LogP contribution in [0.15, 0.2) is 112 Å². The zero-order valence-electron chi connectivity index (χ0n) is 22.6. The molecule has 0 spiro atoms. The van der Waals surface area contributed by atoms with Crippen LogP contribution in [0.1, 0.15) is 35.8 Å². The lowest BCUT2D eigenvalue weighted by Crippen LogP contribution is -2.38. The van der Waals surface area contributed by atoms with E-state index in [4.69, 9.17) is 4.74 Å². The number of amides is 2. The van der Waals surface area contributed by atoms with Gasteiger partial charge in [0.05, 0.1) is 34.5 Å². The van der Waals surface area contributed by atoms with Gasteiger partial charge in [-0.1, -0.05) is 58.4 Å². The molecule has 0 aliphatic heterocycles. The molecule has 2 amide bonds. The van der Waals surface area contributed by atoms with Crippen LogP contribution in [0.2, 0.25) is 0 Å². The maximum Gasteiger partial charge on any atom is 0.264 e. The first-order chi connectivity index (χ1) is 19.7. The normalized spacial score (nSPS) is 11.8. The average molecular weight is 637 g/mol. The van der Waals surface area contributed by atoms with Crippen LogP contribution in [0, 0.1) is 0 Å². The zero-order chi connectivity index (χ0) is 29.4. The Morgan fingerprint density at radius 3 is 2.17 bits per heavy atom. The Hall–Kier alpha value is -4.15. The van der Waals surface area contributed by atoms with Gasteiger partial charge < -0.3 is 15.4 Å². The van der Waals surface area contributed by atoms with Gasteiger partial charge in [-0.25, -0.2) is 8.42 Å². The third-order valence-electron chi connectivity index (χ3n) is 6.22. The number of benzene rings is 4. The number of halogens is 1. The van der Waals surface area contributed by atoms with E-state index < -0.39 is 22.5 Å². The van der Waals surface area contributed by atoms with E-state index in [0.717, 1.165) is 14.3 Å². The lowest BCUT2D eigenvalue weighted by molar-refractivity contribution is -0.114. The molecule has 0 aliphatic rings. The summed E-state index contributed by atoms with van der Waals surface area (Å²) >= 11 is 3.32. The topological polar surface area (TPSA) is 105 Å². The summed E-state index contributed by atoms with van der Waals surface area (Å²) in [7, 11) is -4.12. The van der Waals surface area contributed by atoms with Crippen molar-refractivity contribution < 1.29 is 22.7 Å². The summed E-state index contributed by atoms with van der Waals surface area (Å²) in [4.78, 5) is 26.5. The molecule has 212 valence electrons. The summed E-state index contributed by atoms with van der Waals surface area (Å²) in [6.07, 6.45) is 0. The smallest absolute Gasteiger partial charge is 0.264 e. The van der Waals surface area contributed by atoms with E-state index in [1.807, 2.05) is 44.2 Å². The number of sulfonamides is 1. The summed E-state index contributed by atoms with van der Waals surface area (Å²) in [5, 5.41) is 5.68. The summed E-state index contributed by atoms with van der Waals surface area (Å²) in [6, 6.07) is 28.5. The molecule has 8 nitrogen and oxygen atoms in total. The van der Waals surface area contributed by atoms with E-state index in [0.29, 0.717) is 12.4 Å². The maximum atomic E-state index is 13.7. The molecule has 4 aromatic rings. The van der Waals surface area contributed by atoms with Gasteiger partial charge in [-0.3, -0.25) is 13.9 Å². The molecule has 0 bridgehead atoms. The minimum Gasteiger partial charge on any atom is -0.494 e. The van der Waals surface area contributed by atoms with Gasteiger partial charge >= 0.3 is 0 Å². The van der Waals surface area contributed by atoms with Crippen molar-refractivity contribution in [2.45, 2.75) is 24.8 Å². The van der Waals surface area contributed by atoms with Gasteiger partial charge in [0.1, 0.15) is 12.3 Å². The van der Waals surface area contributed by atoms with Crippen LogP contribution < -0.4 is 19.7 Å². The zero-order valence-corrected chi connectivity index (χ0v) is 25.0. The van der Waals surface area contributed by atoms with Crippen molar-refractivity contribution in [1.29, 1.82) is 0 Å². The Balaban J connectivity index is 1.58. The third-order valence-corrected chi connectivity index (χ3v) is 8.53. The molecule has 0 radical (unpaired) electrons. The van der Waals surface area contributed by atoms with E-state index >= 15 is 0 Å². The lowest BCUT2D eigenvalue weighted by Gasteiger charge is -2.24. The van der Waals surface area contributed by atoms with E-state index in [1.165, 1.54) is 12.1 Å². The number of anilines is 2. The van der Waals surface area contributed by atoms with Crippen LogP contribution in [-0.4, -0.2) is 33.4 Å². The molecule has 0 fully saturated rings. The number of rotatable bonds is 11. The molecule has 0 aliphatic carbocycles. The van der Waals surface area contributed by atoms with Crippen LogP contribution >= 0.6 is 15.9 Å². The summed E-state index contributed by atoms with van der Waals surface area (Å²) in [6.45, 7) is 3.65. The van der Waals surface area contributed by atoms with Crippen molar-refractivity contribution in [2.24, 2.45) is 0 Å². The number of hydrogen-bond acceptors (Lipinski definition) is 5. The van der Waals surface area contributed by atoms with Crippen LogP contribution in [0.25, 0.3) is 0 Å². The highest BCUT2D eigenvalue weighted by Gasteiger charge is 2.28. The fourth-order valence-corrected chi connectivity index (χ4v) is 5.82. The summed E-state index contributed by atoms with van der Waals surface area (Å²) < 4.78 is 34.7. The molecule has 0 saturated heterocycles. The summed E-state index contributed by atoms with van der Waals surface area (Å²) in [5.41, 5.74) is 1.75. The van der Waals surface area contributed by atoms with Crippen molar-refractivity contribution in [1.82, 2.24) is 5.32 Å². The highest BCUT2D eigenvalue weighted by Crippen LogP contribution is 2.27. The van der Waals surface area contributed by atoms with Crippen LogP contribution in [0.4, 0.5) is 11.4 Å². The number of nitrogens with zero attached hydrogens (tertiary/aromatic N) is 1. The van der Waals surface area contributed by atoms with Crippen molar-refractivity contribution in [3.63, 3.8) is 0 Å². The van der Waals surface area contributed by atoms with E-state index in [9.17, 15) is 18.0 Å². The van der Waals surface area contributed by atoms with Gasteiger partial charge in [0.25, 0.3) is 15.9 Å². The fourth-order valence-electron chi connectivity index (χ4n) is 4.13. The molecule has 2 N–H and O–H groups in total. The van der Waals surface area contributed by atoms with Gasteiger partial charge in [-0.2, -0.15) is 0 Å². The first-order valence-corrected chi connectivity index (χ1v) is 15.2. The number of hydrogen-bond donors (Lipinski definition) is 2. The van der Waals surface area contributed by atoms with Crippen molar-refractivity contribution >= 4 is 49.1 Å². The second-order valence-electron chi connectivity index (χ2n) is 9.09. The molecule has 0 heterocycles. The van der Waals surface area contributed by atoms with Crippen LogP contribution in [0.5, 0.6) is 5.75 Å². The van der Waals surface area contributed by atoms with E-state index in [2.05, 4.69) is 26.6 Å². The van der Waals surface area contributed by atoms with Gasteiger partial charge in [-0.05, 0) is 80.1 Å². The molecular weight excluding hydrogens is 606 g/mol. The minimum absolute atomic E-state index is 0.0251. The monoisotopic (exact) mass is 635 g/mol. The molecule has 0 aromatic heterocycles. The summed E-state index contributed by atoms with van der Waals surface area (Å²) in [5.74, 6) is -0.412. The predicted molar refractivity (Wildman–Crippen MR) is 164 cm³/mol. The number of ether oxygens (including phenoxy) is 1. The Bertz CT molecular complexity index is 1600. The van der Waals surface area contributed by atoms with Crippen LogP contribution in [-0.2, 0) is 14.8 Å². The van der Waals surface area contributed by atoms with E-state index in [-0.39, 0.29) is 33.8 Å². The van der Waals surface area contributed by atoms with Gasteiger partial charge in [-0.15, -0.1) is 0 Å². The lowest BCUT2D eigenvalue weighted by atomic mass is 10.1. The Kier molecular flexibility index (Phi) is 9.80. The molecule has 10 heteroatoms. The van der Waals surface area contributed by atoms with Crippen molar-refractivity contribution in [3.8, 4) is 5.75 Å². The Morgan fingerprint density at radius 1 is 0.878 bits per heavy atom. The average Bonchev–Trinajstić information content (AvgIpc) is 2.97. The van der Waals surface area contributed by atoms with Gasteiger partial charge in [0, 0.05) is 4.47 Å². The first-order valence-electron chi connectivity index (χ1n) is 12.9.